The number of aryl methyl sites for hydroxylation is 1. The van der Waals surface area contributed by atoms with Gasteiger partial charge in [0.05, 0.1) is 5.69 Å². The molecule has 22 heavy (non-hydrogen) atoms. The molecular weight excluding hydrogens is 376 g/mol. The van der Waals surface area contributed by atoms with Crippen LogP contribution in [-0.4, -0.2) is 16.9 Å². The lowest BCUT2D eigenvalue weighted by Gasteiger charge is -2.15. The van der Waals surface area contributed by atoms with Crippen LogP contribution in [0.4, 0.5) is 13.9 Å². The van der Waals surface area contributed by atoms with Crippen molar-refractivity contribution < 1.29 is 13.6 Å². The predicted molar refractivity (Wildman–Crippen MR) is 84.1 cm³/mol. The Morgan fingerprint density at radius 2 is 2.09 bits per heavy atom. The first-order valence-corrected chi connectivity index (χ1v) is 8.25. The number of fused-ring (bicyclic) bond motifs is 1. The van der Waals surface area contributed by atoms with Gasteiger partial charge in [-0.05, 0) is 31.4 Å². The molecule has 0 bridgehead atoms. The summed E-state index contributed by atoms with van der Waals surface area (Å²) in [5.74, 6) is -2.70. The minimum absolute atomic E-state index is 0.0952. The van der Waals surface area contributed by atoms with Crippen molar-refractivity contribution in [2.75, 3.05) is 5.32 Å². The minimum Gasteiger partial charge on any atom is -0.327 e. The van der Waals surface area contributed by atoms with Crippen molar-refractivity contribution in [2.45, 2.75) is 25.3 Å². The number of aromatic nitrogens is 1. The molecule has 3 N–H and O–H groups in total. The molecule has 2 aromatic rings. The molecule has 4 nitrogen and oxygen atoms in total. The Morgan fingerprint density at radius 3 is 2.77 bits per heavy atom. The number of carbonyl (C=O) groups excluding carboxylic acids is 1. The van der Waals surface area contributed by atoms with Crippen LogP contribution >= 0.6 is 27.3 Å². The minimum atomic E-state index is -0.923. The number of nitrogens with zero attached hydrogens (tertiary/aromatic N) is 1. The Hall–Kier alpha value is -1.38. The lowest BCUT2D eigenvalue weighted by molar-refractivity contribution is 0.101. The zero-order valence-corrected chi connectivity index (χ0v) is 13.7. The lowest BCUT2D eigenvalue weighted by Crippen LogP contribution is -2.27. The van der Waals surface area contributed by atoms with E-state index >= 15 is 0 Å². The Bertz CT molecular complexity index is 727. The van der Waals surface area contributed by atoms with Crippen molar-refractivity contribution in [1.82, 2.24) is 4.98 Å². The first-order chi connectivity index (χ1) is 10.4. The van der Waals surface area contributed by atoms with Crippen molar-refractivity contribution in [2.24, 2.45) is 5.73 Å². The summed E-state index contributed by atoms with van der Waals surface area (Å²) in [5.41, 5.74) is 6.18. The van der Waals surface area contributed by atoms with E-state index in [2.05, 4.69) is 26.2 Å². The topological polar surface area (TPSA) is 68.0 Å². The normalized spacial score (nSPS) is 17.2. The number of hydrogen-bond donors (Lipinski definition) is 2. The summed E-state index contributed by atoms with van der Waals surface area (Å²) >= 11 is 4.27. The second-order valence-electron chi connectivity index (χ2n) is 5.09. The summed E-state index contributed by atoms with van der Waals surface area (Å²) in [6, 6.07) is 2.19. The number of halogens is 3. The van der Waals surface area contributed by atoms with Gasteiger partial charge in [-0.25, -0.2) is 13.8 Å². The standard InChI is InChI=1S/C14H12BrF2N3OS/c15-6-3-8(16)12(9(17)4-6)13(21)20-14-19-10-2-1-7(18)5-11(10)22-14/h3-4,7H,1-2,5,18H2,(H,19,20,21)/t7-/m0/s1. The third-order valence-corrected chi connectivity index (χ3v) is 4.93. The summed E-state index contributed by atoms with van der Waals surface area (Å²) in [7, 11) is 0. The van der Waals surface area contributed by atoms with Gasteiger partial charge in [0, 0.05) is 15.4 Å². The van der Waals surface area contributed by atoms with Crippen LogP contribution in [0.1, 0.15) is 27.3 Å². The average molecular weight is 388 g/mol. The number of nitrogens with one attached hydrogen (secondary N) is 1. The van der Waals surface area contributed by atoms with Crippen molar-refractivity contribution in [3.8, 4) is 0 Å². The largest absolute Gasteiger partial charge is 0.327 e. The molecule has 0 fully saturated rings. The summed E-state index contributed by atoms with van der Waals surface area (Å²) in [6.07, 6.45) is 2.31. The summed E-state index contributed by atoms with van der Waals surface area (Å²) in [5, 5.41) is 2.80. The molecule has 1 amide bonds. The third-order valence-electron chi connectivity index (χ3n) is 3.43. The highest BCUT2D eigenvalue weighted by Gasteiger charge is 2.23. The van der Waals surface area contributed by atoms with Gasteiger partial charge in [0.25, 0.3) is 5.91 Å². The van der Waals surface area contributed by atoms with Crippen molar-refractivity contribution >= 4 is 38.3 Å². The van der Waals surface area contributed by atoms with Gasteiger partial charge in [0.1, 0.15) is 17.2 Å². The number of carbonyl (C=O) groups is 1. The average Bonchev–Trinajstić information content (AvgIpc) is 2.78. The number of benzene rings is 1. The van der Waals surface area contributed by atoms with Gasteiger partial charge < -0.3 is 5.73 Å². The highest BCUT2D eigenvalue weighted by molar-refractivity contribution is 9.10. The molecule has 1 aliphatic rings. The molecule has 0 unspecified atom stereocenters. The zero-order chi connectivity index (χ0) is 15.9. The number of nitrogens with two attached hydrogens (primary N) is 1. The van der Waals surface area contributed by atoms with Crippen molar-refractivity contribution in [3.05, 3.63) is 44.4 Å². The number of thiazole rings is 1. The Balaban J connectivity index is 1.83. The van der Waals surface area contributed by atoms with Crippen LogP contribution in [0.5, 0.6) is 0 Å². The third kappa shape index (κ3) is 3.04. The van der Waals surface area contributed by atoms with E-state index in [4.69, 9.17) is 5.73 Å². The molecule has 0 aliphatic heterocycles. The van der Waals surface area contributed by atoms with E-state index < -0.39 is 23.1 Å². The highest BCUT2D eigenvalue weighted by atomic mass is 79.9. The Kier molecular flexibility index (Phi) is 4.24. The van der Waals surface area contributed by atoms with Gasteiger partial charge in [-0.3, -0.25) is 10.1 Å². The lowest BCUT2D eigenvalue weighted by atomic mass is 9.99. The molecule has 8 heteroatoms. The van der Waals surface area contributed by atoms with Gasteiger partial charge in [0.2, 0.25) is 0 Å². The molecule has 0 saturated heterocycles. The van der Waals surface area contributed by atoms with Gasteiger partial charge in [-0.2, -0.15) is 0 Å². The smallest absolute Gasteiger partial charge is 0.263 e. The molecule has 1 aliphatic carbocycles. The van der Waals surface area contributed by atoms with Crippen molar-refractivity contribution in [3.63, 3.8) is 0 Å². The monoisotopic (exact) mass is 387 g/mol. The van der Waals surface area contributed by atoms with Gasteiger partial charge in [-0.1, -0.05) is 15.9 Å². The molecule has 1 heterocycles. The maximum atomic E-state index is 13.8. The number of amides is 1. The van der Waals surface area contributed by atoms with Crippen LogP contribution < -0.4 is 11.1 Å². The van der Waals surface area contributed by atoms with E-state index in [-0.39, 0.29) is 10.5 Å². The van der Waals surface area contributed by atoms with Crippen LogP contribution in [-0.2, 0) is 12.8 Å². The second kappa shape index (κ2) is 6.02. The molecule has 0 saturated carbocycles. The van der Waals surface area contributed by atoms with Crippen LogP contribution in [0.3, 0.4) is 0 Å². The first-order valence-electron chi connectivity index (χ1n) is 6.64. The van der Waals surface area contributed by atoms with E-state index in [1.54, 1.807) is 0 Å². The summed E-state index contributed by atoms with van der Waals surface area (Å²) < 4.78 is 27.8. The molecule has 1 aromatic carbocycles. The number of hydrogen-bond acceptors (Lipinski definition) is 4. The fourth-order valence-electron chi connectivity index (χ4n) is 2.37. The highest BCUT2D eigenvalue weighted by Crippen LogP contribution is 2.30. The Morgan fingerprint density at radius 1 is 1.41 bits per heavy atom. The summed E-state index contributed by atoms with van der Waals surface area (Å²) in [6.45, 7) is 0. The number of anilines is 1. The van der Waals surface area contributed by atoms with Crippen LogP contribution in [0.2, 0.25) is 0 Å². The van der Waals surface area contributed by atoms with E-state index in [0.717, 1.165) is 35.5 Å². The first kappa shape index (κ1) is 15.5. The van der Waals surface area contributed by atoms with E-state index in [1.165, 1.54) is 11.3 Å². The summed E-state index contributed by atoms with van der Waals surface area (Å²) in [4.78, 5) is 17.4. The molecule has 116 valence electrons. The molecule has 0 spiro atoms. The zero-order valence-electron chi connectivity index (χ0n) is 11.3. The van der Waals surface area contributed by atoms with Gasteiger partial charge >= 0.3 is 0 Å². The Labute approximate surface area is 137 Å². The molecule has 1 atom stereocenters. The maximum Gasteiger partial charge on any atom is 0.263 e. The van der Waals surface area contributed by atoms with Gasteiger partial charge in [0.15, 0.2) is 5.13 Å². The van der Waals surface area contributed by atoms with E-state index in [0.29, 0.717) is 11.6 Å². The van der Waals surface area contributed by atoms with Gasteiger partial charge in [-0.15, -0.1) is 11.3 Å². The molecule has 0 radical (unpaired) electrons. The predicted octanol–water partition coefficient (Wildman–Crippen LogP) is 3.25. The maximum absolute atomic E-state index is 13.8. The number of rotatable bonds is 2. The fourth-order valence-corrected chi connectivity index (χ4v) is 3.87. The quantitative estimate of drug-likeness (QED) is 0.830. The molecule has 3 rings (SSSR count). The van der Waals surface area contributed by atoms with E-state index in [9.17, 15) is 13.6 Å². The van der Waals surface area contributed by atoms with Crippen LogP contribution in [0, 0.1) is 11.6 Å². The fraction of sp³-hybridized carbons (Fsp3) is 0.286. The molecule has 1 aromatic heterocycles. The molecular formula is C14H12BrF2N3OS. The van der Waals surface area contributed by atoms with Crippen LogP contribution in [0.15, 0.2) is 16.6 Å². The second-order valence-corrected chi connectivity index (χ2v) is 7.09. The van der Waals surface area contributed by atoms with Crippen molar-refractivity contribution in [1.29, 1.82) is 0 Å². The van der Waals surface area contributed by atoms with E-state index in [1.807, 2.05) is 0 Å². The SMILES string of the molecule is N[C@H]1CCc2nc(NC(=O)c3c(F)cc(Br)cc3F)sc2C1. The van der Waals surface area contributed by atoms with Crippen LogP contribution in [0.25, 0.3) is 0 Å².